The second kappa shape index (κ2) is 4.43. The van der Waals surface area contributed by atoms with Gasteiger partial charge in [0.2, 0.25) is 0 Å². The molecule has 0 aromatic carbocycles. The van der Waals surface area contributed by atoms with Crippen molar-refractivity contribution in [3.05, 3.63) is 0 Å². The maximum atomic E-state index is 8.74. The molecule has 0 bridgehead atoms. The van der Waals surface area contributed by atoms with Crippen molar-refractivity contribution in [2.45, 2.75) is 0 Å². The molecular weight excluding hydrogens is 118 g/mol. The molecule has 4 nitrogen and oxygen atoms in total. The van der Waals surface area contributed by atoms with E-state index in [1.54, 1.807) is 19.1 Å². The fourth-order valence-corrected chi connectivity index (χ4v) is 0.360. The van der Waals surface area contributed by atoms with E-state index in [-0.39, 0.29) is 0 Å². The minimum absolute atomic E-state index is 0.640. The molecule has 0 aromatic rings. The van der Waals surface area contributed by atoms with Crippen LogP contribution in [-0.2, 0) is 0 Å². The predicted octanol–water partition coefficient (Wildman–Crippen LogP) is -0.145. The minimum atomic E-state index is 0.640. The maximum absolute atomic E-state index is 8.74. The molecule has 0 amide bonds. The first-order chi connectivity index (χ1) is 4.18. The summed E-state index contributed by atoms with van der Waals surface area (Å²) in [7, 11) is 3.33. The van der Waals surface area contributed by atoms with Crippen LogP contribution in [0.4, 0.5) is 0 Å². The molecule has 0 heterocycles. The van der Waals surface area contributed by atoms with Gasteiger partial charge in [0.1, 0.15) is 0 Å². The summed E-state index contributed by atoms with van der Waals surface area (Å²) in [5.41, 5.74) is 0. The Hall–Kier alpha value is -0.450. The van der Waals surface area contributed by atoms with Crippen LogP contribution in [0.5, 0.6) is 0 Å². The fraction of sp³-hybridized carbons (Fsp3) is 0.800. The zero-order chi connectivity index (χ0) is 7.28. The van der Waals surface area contributed by atoms with Crippen molar-refractivity contribution in [3.8, 4) is 0 Å². The molecule has 54 valence electrons. The summed E-state index contributed by atoms with van der Waals surface area (Å²) >= 11 is 0. The second-order valence-corrected chi connectivity index (χ2v) is 1.82. The van der Waals surface area contributed by atoms with Gasteiger partial charge < -0.3 is 0 Å². The van der Waals surface area contributed by atoms with Gasteiger partial charge in [-0.1, -0.05) is 0 Å². The summed E-state index contributed by atoms with van der Waals surface area (Å²) in [6, 6.07) is 0. The molecule has 0 aliphatic rings. The lowest BCUT2D eigenvalue weighted by atomic mass is 10.6. The highest BCUT2D eigenvalue weighted by Gasteiger charge is 1.98. The van der Waals surface area contributed by atoms with E-state index < -0.39 is 0 Å². The highest BCUT2D eigenvalue weighted by molar-refractivity contribution is 5.23. The Bertz CT molecular complexity index is 84.3. The van der Waals surface area contributed by atoms with Crippen LogP contribution in [0.25, 0.3) is 0 Å². The normalized spacial score (nSPS) is 10.8. The lowest BCUT2D eigenvalue weighted by Crippen LogP contribution is -2.35. The maximum Gasteiger partial charge on any atom is 0.0524 e. The largest absolute Gasteiger partial charge is 0.300 e. The van der Waals surface area contributed by atoms with Gasteiger partial charge in [-0.25, -0.2) is 5.01 Å². The van der Waals surface area contributed by atoms with Crippen molar-refractivity contribution in [2.24, 2.45) is 4.99 Å². The van der Waals surface area contributed by atoms with Crippen molar-refractivity contribution in [2.75, 3.05) is 27.2 Å². The first-order valence-corrected chi connectivity index (χ1v) is 2.74. The second-order valence-electron chi connectivity index (χ2n) is 1.82. The number of hydrogen-bond acceptors (Lipinski definition) is 4. The molecule has 0 saturated carbocycles. The van der Waals surface area contributed by atoms with E-state index in [9.17, 15) is 0 Å². The van der Waals surface area contributed by atoms with Gasteiger partial charge in [-0.2, -0.15) is 0 Å². The highest BCUT2D eigenvalue weighted by atomic mass is 16.5. The molecule has 0 radical (unpaired) electrons. The van der Waals surface area contributed by atoms with Gasteiger partial charge in [-0.3, -0.25) is 10.2 Å². The Kier molecular flexibility index (Phi) is 4.21. The van der Waals surface area contributed by atoms with Gasteiger partial charge in [-0.05, 0) is 6.72 Å². The van der Waals surface area contributed by atoms with Crippen LogP contribution in [0.1, 0.15) is 0 Å². The van der Waals surface area contributed by atoms with Gasteiger partial charge in [0, 0.05) is 20.6 Å². The number of rotatable bonds is 4. The topological polar surface area (TPSA) is 39.1 Å². The van der Waals surface area contributed by atoms with Gasteiger partial charge in [0.25, 0.3) is 0 Å². The van der Waals surface area contributed by atoms with Crippen LogP contribution in [0, 0.1) is 0 Å². The average molecular weight is 131 g/mol. The third-order valence-corrected chi connectivity index (χ3v) is 1.08. The first kappa shape index (κ1) is 8.55. The Balaban J connectivity index is 3.26. The number of aliphatic imine (C=N–C) groups is 1. The lowest BCUT2D eigenvalue weighted by molar-refractivity contribution is -0.213. The molecule has 4 heteroatoms. The van der Waals surface area contributed by atoms with E-state index in [2.05, 4.69) is 11.7 Å². The van der Waals surface area contributed by atoms with Gasteiger partial charge in [-0.15, -0.1) is 5.17 Å². The SMILES string of the molecule is C=NCCN(C)N(C)O. The molecule has 0 aliphatic carbocycles. The molecule has 0 atom stereocenters. The molecule has 0 rings (SSSR count). The number of likely N-dealkylation sites (N-methyl/N-ethyl adjacent to an activating group) is 1. The smallest absolute Gasteiger partial charge is 0.0524 e. The van der Waals surface area contributed by atoms with Gasteiger partial charge in [0.05, 0.1) is 6.54 Å². The molecular formula is C5H13N3O. The monoisotopic (exact) mass is 131 g/mol. The Morgan fingerprint density at radius 1 is 1.56 bits per heavy atom. The van der Waals surface area contributed by atoms with Crippen LogP contribution in [0.3, 0.4) is 0 Å². The average Bonchev–Trinajstić information content (AvgIpc) is 1.82. The summed E-state index contributed by atoms with van der Waals surface area (Å²) in [5.74, 6) is 0. The van der Waals surface area contributed by atoms with Crippen LogP contribution in [-0.4, -0.2) is 49.3 Å². The summed E-state index contributed by atoms with van der Waals surface area (Å²) in [5, 5.41) is 11.4. The summed E-state index contributed by atoms with van der Waals surface area (Å²) in [6.07, 6.45) is 0. The van der Waals surface area contributed by atoms with Crippen LogP contribution in [0.15, 0.2) is 4.99 Å². The predicted molar refractivity (Wildman–Crippen MR) is 36.6 cm³/mol. The summed E-state index contributed by atoms with van der Waals surface area (Å²) < 4.78 is 0. The number of hydroxylamine groups is 1. The first-order valence-electron chi connectivity index (χ1n) is 2.74. The third-order valence-electron chi connectivity index (χ3n) is 1.08. The van der Waals surface area contributed by atoms with Crippen molar-refractivity contribution in [1.29, 1.82) is 0 Å². The fourth-order valence-electron chi connectivity index (χ4n) is 0.360. The van der Waals surface area contributed by atoms with E-state index >= 15 is 0 Å². The van der Waals surface area contributed by atoms with E-state index in [0.717, 1.165) is 5.17 Å². The zero-order valence-electron chi connectivity index (χ0n) is 5.91. The van der Waals surface area contributed by atoms with Crippen molar-refractivity contribution in [3.63, 3.8) is 0 Å². The van der Waals surface area contributed by atoms with Crippen molar-refractivity contribution < 1.29 is 5.21 Å². The van der Waals surface area contributed by atoms with E-state index in [1.807, 2.05) is 0 Å². The Morgan fingerprint density at radius 3 is 2.44 bits per heavy atom. The number of hydrazine groups is 1. The van der Waals surface area contributed by atoms with Crippen molar-refractivity contribution >= 4 is 6.72 Å². The zero-order valence-corrected chi connectivity index (χ0v) is 5.91. The van der Waals surface area contributed by atoms with E-state index in [0.29, 0.717) is 13.1 Å². The van der Waals surface area contributed by atoms with Gasteiger partial charge in [0.15, 0.2) is 0 Å². The van der Waals surface area contributed by atoms with E-state index in [4.69, 9.17) is 5.21 Å². The molecule has 0 spiro atoms. The number of hydrogen-bond donors (Lipinski definition) is 1. The molecule has 1 N–H and O–H groups in total. The highest BCUT2D eigenvalue weighted by Crippen LogP contribution is 1.83. The minimum Gasteiger partial charge on any atom is -0.300 e. The van der Waals surface area contributed by atoms with E-state index in [1.165, 1.54) is 0 Å². The van der Waals surface area contributed by atoms with Gasteiger partial charge >= 0.3 is 0 Å². The Morgan fingerprint density at radius 2 is 2.11 bits per heavy atom. The molecule has 9 heavy (non-hydrogen) atoms. The van der Waals surface area contributed by atoms with Crippen LogP contribution < -0.4 is 0 Å². The van der Waals surface area contributed by atoms with Crippen molar-refractivity contribution in [1.82, 2.24) is 10.2 Å². The molecule has 0 fully saturated rings. The summed E-state index contributed by atoms with van der Waals surface area (Å²) in [4.78, 5) is 3.63. The molecule has 0 aromatic heterocycles. The standard InChI is InChI=1S/C5H13N3O/c1-6-4-5-7(2)8(3)9/h9H,1,4-5H2,2-3H3. The van der Waals surface area contributed by atoms with Crippen LogP contribution in [0.2, 0.25) is 0 Å². The van der Waals surface area contributed by atoms with Crippen LogP contribution >= 0.6 is 0 Å². The quantitative estimate of drug-likeness (QED) is 0.426. The lowest BCUT2D eigenvalue weighted by Gasteiger charge is -2.20. The summed E-state index contributed by atoms with van der Waals surface area (Å²) in [6.45, 7) is 4.65. The molecule has 0 unspecified atom stereocenters. The Labute approximate surface area is 55.3 Å². The molecule has 0 saturated heterocycles. The number of nitrogens with zero attached hydrogens (tertiary/aromatic N) is 3. The third kappa shape index (κ3) is 4.08. The molecule has 0 aliphatic heterocycles.